The molecule has 198 valence electrons. The van der Waals surface area contributed by atoms with Crippen LogP contribution in [0.2, 0.25) is 0 Å². The molecule has 10 nitrogen and oxygen atoms in total. The van der Waals surface area contributed by atoms with Gasteiger partial charge in [-0.3, -0.25) is 24.2 Å². The Morgan fingerprint density at radius 2 is 1.81 bits per heavy atom. The molecule has 1 aliphatic heterocycles. The number of aromatic hydroxyl groups is 1. The van der Waals surface area contributed by atoms with E-state index in [1.165, 1.54) is 19.1 Å². The highest BCUT2D eigenvalue weighted by molar-refractivity contribution is 6.22. The number of amides is 1. The number of likely N-dealkylation sites (tertiary alicyclic amines) is 1. The van der Waals surface area contributed by atoms with E-state index >= 15 is 0 Å². The molecule has 4 aliphatic rings. The fraction of sp³-hybridized carbons (Fsp3) is 0.519. The van der Waals surface area contributed by atoms with Crippen LogP contribution in [0.25, 0.3) is 0 Å². The van der Waals surface area contributed by atoms with E-state index in [2.05, 4.69) is 5.32 Å². The third kappa shape index (κ3) is 3.77. The van der Waals surface area contributed by atoms with Gasteiger partial charge in [0.2, 0.25) is 0 Å². The SMILES string of the molecule is CN(C)[C@@H]1C(O)=C(C(=O)NCN2CCCC2)C(=O)C2C(O)=C3C(=O)c4c(O)cccc4[C@@](C)(O)C3CC21. The normalized spacial score (nSPS) is 31.9. The number of Topliss-reactive ketones (excluding diaryl/α,β-unsaturated/α-hetero) is 2. The zero-order valence-corrected chi connectivity index (χ0v) is 21.2. The Morgan fingerprint density at radius 3 is 2.46 bits per heavy atom. The molecule has 5 rings (SSSR count). The lowest BCUT2D eigenvalue weighted by Gasteiger charge is -2.49. The first-order valence-electron chi connectivity index (χ1n) is 12.6. The summed E-state index contributed by atoms with van der Waals surface area (Å²) in [5, 5.41) is 47.4. The van der Waals surface area contributed by atoms with E-state index in [4.69, 9.17) is 0 Å². The van der Waals surface area contributed by atoms with E-state index in [0.29, 0.717) is 0 Å². The molecule has 1 saturated heterocycles. The number of aliphatic hydroxyl groups is 3. The number of carbonyl (C=O) groups excluding carboxylic acids is 3. The van der Waals surface area contributed by atoms with Gasteiger partial charge in [0.25, 0.3) is 5.91 Å². The number of benzene rings is 1. The maximum Gasteiger partial charge on any atom is 0.259 e. The monoisotopic (exact) mass is 511 g/mol. The summed E-state index contributed by atoms with van der Waals surface area (Å²) in [4.78, 5) is 44.1. The Hall–Kier alpha value is -3.21. The molecule has 5 atom stereocenters. The number of fused-ring (bicyclic) bond motifs is 3. The molecular formula is C27H33N3O7. The Morgan fingerprint density at radius 1 is 1.14 bits per heavy atom. The van der Waals surface area contributed by atoms with Crippen molar-refractivity contribution in [1.82, 2.24) is 15.1 Å². The maximum atomic E-state index is 13.7. The zero-order chi connectivity index (χ0) is 26.8. The van der Waals surface area contributed by atoms with Gasteiger partial charge in [0.15, 0.2) is 11.6 Å². The van der Waals surface area contributed by atoms with E-state index in [9.17, 15) is 34.8 Å². The molecule has 5 N–H and O–H groups in total. The topological polar surface area (TPSA) is 151 Å². The molecule has 10 heteroatoms. The molecule has 1 amide bonds. The van der Waals surface area contributed by atoms with Crippen LogP contribution in [0.1, 0.15) is 42.1 Å². The molecule has 37 heavy (non-hydrogen) atoms. The van der Waals surface area contributed by atoms with Gasteiger partial charge < -0.3 is 25.7 Å². The summed E-state index contributed by atoms with van der Waals surface area (Å²) in [6.45, 7) is 3.40. The lowest BCUT2D eigenvalue weighted by Crippen LogP contribution is -2.56. The van der Waals surface area contributed by atoms with Crippen molar-refractivity contribution in [3.8, 4) is 5.75 Å². The number of likely N-dealkylation sites (N-methyl/N-ethyl adjacent to an activating group) is 1. The summed E-state index contributed by atoms with van der Waals surface area (Å²) in [5.41, 5.74) is -2.07. The predicted octanol–water partition coefficient (Wildman–Crippen LogP) is 1.35. The van der Waals surface area contributed by atoms with E-state index in [1.54, 1.807) is 25.1 Å². The highest BCUT2D eigenvalue weighted by Crippen LogP contribution is 2.55. The van der Waals surface area contributed by atoms with Crippen LogP contribution >= 0.6 is 0 Å². The summed E-state index contributed by atoms with van der Waals surface area (Å²) in [6.07, 6.45) is 2.14. The second-order valence-corrected chi connectivity index (χ2v) is 10.9. The van der Waals surface area contributed by atoms with Crippen molar-refractivity contribution >= 4 is 17.5 Å². The number of aliphatic hydroxyl groups excluding tert-OH is 2. The molecule has 3 unspecified atom stereocenters. The van der Waals surface area contributed by atoms with Crippen molar-refractivity contribution < 1.29 is 34.8 Å². The third-order valence-corrected chi connectivity index (χ3v) is 8.51. The van der Waals surface area contributed by atoms with Crippen LogP contribution in [-0.4, -0.2) is 87.6 Å². The summed E-state index contributed by atoms with van der Waals surface area (Å²) in [5.74, 6) is -6.23. The van der Waals surface area contributed by atoms with Gasteiger partial charge in [0.1, 0.15) is 22.8 Å². The van der Waals surface area contributed by atoms with Crippen molar-refractivity contribution in [3.63, 3.8) is 0 Å². The van der Waals surface area contributed by atoms with Crippen molar-refractivity contribution in [2.75, 3.05) is 33.9 Å². The number of phenols is 1. The van der Waals surface area contributed by atoms with Gasteiger partial charge in [-0.1, -0.05) is 12.1 Å². The second kappa shape index (κ2) is 8.97. The predicted molar refractivity (Wildman–Crippen MR) is 133 cm³/mol. The zero-order valence-electron chi connectivity index (χ0n) is 21.2. The highest BCUT2D eigenvalue weighted by atomic mass is 16.3. The van der Waals surface area contributed by atoms with Gasteiger partial charge in [-0.05, 0) is 70.9 Å². The van der Waals surface area contributed by atoms with E-state index in [0.717, 1.165) is 25.9 Å². The number of rotatable bonds is 4. The van der Waals surface area contributed by atoms with E-state index < -0.39 is 58.2 Å². The number of hydrogen-bond acceptors (Lipinski definition) is 9. The Bertz CT molecular complexity index is 1240. The largest absolute Gasteiger partial charge is 0.511 e. The van der Waals surface area contributed by atoms with Crippen LogP contribution in [-0.2, 0) is 15.2 Å². The molecule has 0 bridgehead atoms. The number of ketones is 2. The summed E-state index contributed by atoms with van der Waals surface area (Å²) < 4.78 is 0. The summed E-state index contributed by atoms with van der Waals surface area (Å²) in [6, 6.07) is 3.61. The average Bonchev–Trinajstić information content (AvgIpc) is 3.34. The molecule has 0 spiro atoms. The maximum absolute atomic E-state index is 13.7. The Labute approximate surface area is 214 Å². The van der Waals surface area contributed by atoms with Crippen LogP contribution in [0.3, 0.4) is 0 Å². The lowest BCUT2D eigenvalue weighted by molar-refractivity contribution is -0.129. The van der Waals surface area contributed by atoms with Gasteiger partial charge in [-0.25, -0.2) is 0 Å². The number of carbonyl (C=O) groups is 3. The molecular weight excluding hydrogens is 478 g/mol. The fourth-order valence-electron chi connectivity index (χ4n) is 6.71. The minimum absolute atomic E-state index is 0.0964. The molecule has 1 aromatic carbocycles. The molecule has 0 radical (unpaired) electrons. The molecule has 1 fully saturated rings. The molecule has 0 saturated carbocycles. The van der Waals surface area contributed by atoms with Crippen LogP contribution in [0.5, 0.6) is 5.75 Å². The van der Waals surface area contributed by atoms with Gasteiger partial charge >= 0.3 is 0 Å². The van der Waals surface area contributed by atoms with Crippen LogP contribution in [0.4, 0.5) is 0 Å². The first-order chi connectivity index (χ1) is 17.5. The van der Waals surface area contributed by atoms with Gasteiger partial charge in [-0.15, -0.1) is 0 Å². The summed E-state index contributed by atoms with van der Waals surface area (Å²) >= 11 is 0. The van der Waals surface area contributed by atoms with Crippen molar-refractivity contribution in [1.29, 1.82) is 0 Å². The van der Waals surface area contributed by atoms with Crippen molar-refractivity contribution in [2.45, 2.75) is 37.8 Å². The molecule has 1 aromatic rings. The third-order valence-electron chi connectivity index (χ3n) is 8.51. The van der Waals surface area contributed by atoms with E-state index in [1.807, 2.05) is 4.90 Å². The van der Waals surface area contributed by atoms with Crippen LogP contribution in [0.15, 0.2) is 40.9 Å². The fourth-order valence-corrected chi connectivity index (χ4v) is 6.71. The van der Waals surface area contributed by atoms with Gasteiger partial charge in [0, 0.05) is 11.5 Å². The van der Waals surface area contributed by atoms with Crippen molar-refractivity contribution in [2.24, 2.45) is 17.8 Å². The minimum atomic E-state index is -1.64. The minimum Gasteiger partial charge on any atom is -0.511 e. The first-order valence-corrected chi connectivity index (χ1v) is 12.6. The molecule has 1 heterocycles. The van der Waals surface area contributed by atoms with Crippen molar-refractivity contribution in [3.05, 3.63) is 52.0 Å². The lowest BCUT2D eigenvalue weighted by atomic mass is 9.57. The molecule has 0 aromatic heterocycles. The number of phenolic OH excluding ortho intramolecular Hbond substituents is 1. The van der Waals surface area contributed by atoms with Gasteiger partial charge in [0.05, 0.1) is 29.8 Å². The van der Waals surface area contributed by atoms with Gasteiger partial charge in [-0.2, -0.15) is 0 Å². The smallest absolute Gasteiger partial charge is 0.259 e. The quantitative estimate of drug-likeness (QED) is 0.378. The van der Waals surface area contributed by atoms with Crippen LogP contribution < -0.4 is 5.32 Å². The number of nitrogens with zero attached hydrogens (tertiary/aromatic N) is 2. The number of hydrogen-bond donors (Lipinski definition) is 5. The Balaban J connectivity index is 1.59. The summed E-state index contributed by atoms with van der Waals surface area (Å²) in [7, 11) is 3.39. The first kappa shape index (κ1) is 25.4. The van der Waals surface area contributed by atoms with Crippen LogP contribution in [0, 0.1) is 17.8 Å². The Kier molecular flexibility index (Phi) is 6.17. The highest BCUT2D eigenvalue weighted by Gasteiger charge is 2.58. The average molecular weight is 512 g/mol. The number of nitrogens with one attached hydrogen (secondary N) is 1. The standard InChI is InChI=1S/C27H33N3O7/c1-27(37)14-7-6-8-16(31)18(14)24(34)19-15(27)11-13-17(22(19)32)23(33)20(25(35)21(13)29(2)3)26(36)28-12-30-9-4-5-10-30/h6-8,13,15,17,21,31-32,35,37H,4-5,9-12H2,1-3H3,(H,28,36)/t13?,15?,17?,21-,27+/m0/s1. The molecule has 3 aliphatic carbocycles. The second-order valence-electron chi connectivity index (χ2n) is 10.9. The number of allylic oxidation sites excluding steroid dienone is 1. The van der Waals surface area contributed by atoms with E-state index in [-0.39, 0.29) is 41.3 Å².